The maximum Gasteiger partial charge on any atom is 0.326 e. The number of aromatic hydroxyl groups is 1. The van der Waals surface area contributed by atoms with E-state index in [1.807, 2.05) is 0 Å². The third-order valence-electron chi connectivity index (χ3n) is 3.62. The lowest BCUT2D eigenvalue weighted by molar-refractivity contribution is -0.140. The molecule has 2 aromatic rings. The molecule has 0 fully saturated rings. The molecule has 1 aromatic carbocycles. The van der Waals surface area contributed by atoms with Crippen LogP contribution < -0.4 is 10.9 Å². The van der Waals surface area contributed by atoms with E-state index in [2.05, 4.69) is 10.4 Å². The molecule has 27 heavy (non-hydrogen) atoms. The summed E-state index contributed by atoms with van der Waals surface area (Å²) < 4.78 is 0.897. The van der Waals surface area contributed by atoms with E-state index in [0.29, 0.717) is 5.69 Å². The van der Waals surface area contributed by atoms with Crippen LogP contribution in [-0.2, 0) is 9.59 Å². The standard InChI is InChI=1S/C17H17N3O7/c1-9-3-2-4-10(7-9)20-13(22)8-12(21)15(19-20)16(25)18-11(17(26)27)5-6-14(23)24/h2-4,7-8,11,21H,5-6H2,1H3,(H,18,25)(H,23,24)(H,26,27)/t11-/m0/s1. The number of nitrogens with one attached hydrogen (secondary N) is 1. The number of hydrogen-bond acceptors (Lipinski definition) is 6. The van der Waals surface area contributed by atoms with Crippen molar-refractivity contribution < 1.29 is 29.7 Å². The molecule has 1 heterocycles. The van der Waals surface area contributed by atoms with Gasteiger partial charge in [0.25, 0.3) is 11.5 Å². The molecule has 2 rings (SSSR count). The molecule has 0 radical (unpaired) electrons. The summed E-state index contributed by atoms with van der Waals surface area (Å²) in [6.07, 6.45) is -0.825. The zero-order chi connectivity index (χ0) is 20.1. The van der Waals surface area contributed by atoms with E-state index in [9.17, 15) is 24.3 Å². The fourth-order valence-corrected chi connectivity index (χ4v) is 2.31. The van der Waals surface area contributed by atoms with E-state index in [1.54, 1.807) is 31.2 Å². The SMILES string of the molecule is Cc1cccc(-n2nc(C(=O)N[C@@H](CCC(=O)O)C(=O)O)c(O)cc2=O)c1. The summed E-state index contributed by atoms with van der Waals surface area (Å²) in [7, 11) is 0. The Hall–Kier alpha value is -3.69. The molecule has 0 aliphatic rings. The second-order valence-corrected chi connectivity index (χ2v) is 5.76. The average Bonchev–Trinajstić information content (AvgIpc) is 2.58. The normalized spacial score (nSPS) is 11.6. The van der Waals surface area contributed by atoms with Gasteiger partial charge in [-0.2, -0.15) is 9.78 Å². The van der Waals surface area contributed by atoms with Crippen molar-refractivity contribution in [3.8, 4) is 11.4 Å². The average molecular weight is 375 g/mol. The van der Waals surface area contributed by atoms with Gasteiger partial charge in [0.15, 0.2) is 11.4 Å². The number of aryl methyl sites for hydroxylation is 1. The lowest BCUT2D eigenvalue weighted by atomic mass is 10.1. The van der Waals surface area contributed by atoms with Gasteiger partial charge in [-0.1, -0.05) is 12.1 Å². The molecule has 0 bridgehead atoms. The number of aromatic nitrogens is 2. The molecule has 10 nitrogen and oxygen atoms in total. The van der Waals surface area contributed by atoms with Crippen LogP contribution in [0.15, 0.2) is 35.1 Å². The van der Waals surface area contributed by atoms with E-state index in [0.717, 1.165) is 16.3 Å². The minimum Gasteiger partial charge on any atom is -0.505 e. The number of benzene rings is 1. The zero-order valence-electron chi connectivity index (χ0n) is 14.2. The smallest absolute Gasteiger partial charge is 0.326 e. The first-order valence-electron chi connectivity index (χ1n) is 7.85. The number of amides is 1. The van der Waals surface area contributed by atoms with Gasteiger partial charge < -0.3 is 20.6 Å². The van der Waals surface area contributed by atoms with Gasteiger partial charge in [-0.25, -0.2) is 4.79 Å². The van der Waals surface area contributed by atoms with Gasteiger partial charge in [0.2, 0.25) is 0 Å². The van der Waals surface area contributed by atoms with Crippen molar-refractivity contribution in [1.82, 2.24) is 15.1 Å². The molecular formula is C17H17N3O7. The number of aliphatic carboxylic acids is 2. The quantitative estimate of drug-likeness (QED) is 0.537. The van der Waals surface area contributed by atoms with Crippen LogP contribution in [0.3, 0.4) is 0 Å². The summed E-state index contributed by atoms with van der Waals surface area (Å²) in [5.74, 6) is -4.42. The highest BCUT2D eigenvalue weighted by Crippen LogP contribution is 2.14. The van der Waals surface area contributed by atoms with Gasteiger partial charge in [-0.05, 0) is 31.0 Å². The summed E-state index contributed by atoms with van der Waals surface area (Å²) in [4.78, 5) is 46.2. The molecule has 1 atom stereocenters. The summed E-state index contributed by atoms with van der Waals surface area (Å²) >= 11 is 0. The van der Waals surface area contributed by atoms with Crippen molar-refractivity contribution in [3.63, 3.8) is 0 Å². The van der Waals surface area contributed by atoms with E-state index in [1.165, 1.54) is 0 Å². The molecular weight excluding hydrogens is 358 g/mol. The lowest BCUT2D eigenvalue weighted by Gasteiger charge is -2.14. The highest BCUT2D eigenvalue weighted by molar-refractivity contribution is 5.97. The van der Waals surface area contributed by atoms with Crippen molar-refractivity contribution in [2.75, 3.05) is 0 Å². The molecule has 142 valence electrons. The third kappa shape index (κ3) is 4.91. The van der Waals surface area contributed by atoms with Crippen LogP contribution >= 0.6 is 0 Å². The molecule has 4 N–H and O–H groups in total. The Kier molecular flexibility index (Phi) is 5.91. The molecule has 0 spiro atoms. The van der Waals surface area contributed by atoms with Gasteiger partial charge in [-0.15, -0.1) is 0 Å². The Balaban J connectivity index is 2.35. The van der Waals surface area contributed by atoms with Crippen LogP contribution in [0.5, 0.6) is 5.75 Å². The minimum atomic E-state index is -1.49. The fourth-order valence-electron chi connectivity index (χ4n) is 2.31. The Morgan fingerprint density at radius 2 is 1.93 bits per heavy atom. The van der Waals surface area contributed by atoms with Crippen LogP contribution in [-0.4, -0.2) is 49.0 Å². The zero-order valence-corrected chi connectivity index (χ0v) is 14.2. The summed E-state index contributed by atoms with van der Waals surface area (Å²) in [5.41, 5.74) is -0.0532. The minimum absolute atomic E-state index is 0.352. The maximum absolute atomic E-state index is 12.3. The summed E-state index contributed by atoms with van der Waals surface area (Å²) in [6.45, 7) is 1.79. The molecule has 0 aliphatic heterocycles. The van der Waals surface area contributed by atoms with E-state index < -0.39 is 47.3 Å². The van der Waals surface area contributed by atoms with E-state index in [4.69, 9.17) is 10.2 Å². The number of carbonyl (C=O) groups excluding carboxylic acids is 1. The summed E-state index contributed by atoms with van der Waals surface area (Å²) in [6, 6.07) is 5.99. The van der Waals surface area contributed by atoms with Gasteiger partial charge in [0, 0.05) is 12.5 Å². The monoisotopic (exact) mass is 375 g/mol. The molecule has 0 unspecified atom stereocenters. The first kappa shape index (κ1) is 19.6. The number of carboxylic acids is 2. The van der Waals surface area contributed by atoms with Crippen LogP contribution in [0.2, 0.25) is 0 Å². The predicted molar refractivity (Wildman–Crippen MR) is 92.0 cm³/mol. The Morgan fingerprint density at radius 1 is 1.22 bits per heavy atom. The van der Waals surface area contributed by atoms with Crippen molar-refractivity contribution in [3.05, 3.63) is 51.9 Å². The molecule has 1 amide bonds. The van der Waals surface area contributed by atoms with Gasteiger partial charge in [0.05, 0.1) is 5.69 Å². The van der Waals surface area contributed by atoms with Crippen LogP contribution in [0.25, 0.3) is 5.69 Å². The number of nitrogens with zero attached hydrogens (tertiary/aromatic N) is 2. The first-order chi connectivity index (χ1) is 12.7. The lowest BCUT2D eigenvalue weighted by Crippen LogP contribution is -2.42. The van der Waals surface area contributed by atoms with Gasteiger partial charge in [-0.3, -0.25) is 14.4 Å². The molecule has 1 aromatic heterocycles. The maximum atomic E-state index is 12.3. The van der Waals surface area contributed by atoms with E-state index >= 15 is 0 Å². The second-order valence-electron chi connectivity index (χ2n) is 5.76. The third-order valence-corrected chi connectivity index (χ3v) is 3.62. The highest BCUT2D eigenvalue weighted by Gasteiger charge is 2.25. The molecule has 0 saturated heterocycles. The van der Waals surface area contributed by atoms with Crippen LogP contribution in [0, 0.1) is 6.92 Å². The Morgan fingerprint density at radius 3 is 2.52 bits per heavy atom. The van der Waals surface area contributed by atoms with Gasteiger partial charge >= 0.3 is 11.9 Å². The van der Waals surface area contributed by atoms with Crippen molar-refractivity contribution in [2.24, 2.45) is 0 Å². The predicted octanol–water partition coefficient (Wildman–Crippen LogP) is 0.294. The molecule has 10 heteroatoms. The van der Waals surface area contributed by atoms with Crippen molar-refractivity contribution >= 4 is 17.8 Å². The number of carbonyl (C=O) groups is 3. The highest BCUT2D eigenvalue weighted by atomic mass is 16.4. The fraction of sp³-hybridized carbons (Fsp3) is 0.235. The topological polar surface area (TPSA) is 159 Å². The number of rotatable bonds is 7. The Labute approximate surface area is 152 Å². The van der Waals surface area contributed by atoms with Gasteiger partial charge in [0.1, 0.15) is 6.04 Å². The largest absolute Gasteiger partial charge is 0.505 e. The summed E-state index contributed by atoms with van der Waals surface area (Å²) in [5, 5.41) is 33.6. The van der Waals surface area contributed by atoms with Crippen molar-refractivity contribution in [2.45, 2.75) is 25.8 Å². The van der Waals surface area contributed by atoms with E-state index in [-0.39, 0.29) is 6.42 Å². The van der Waals surface area contributed by atoms with Crippen LogP contribution in [0.1, 0.15) is 28.9 Å². The Bertz CT molecular complexity index is 952. The van der Waals surface area contributed by atoms with Crippen molar-refractivity contribution in [1.29, 1.82) is 0 Å². The molecule has 0 aliphatic carbocycles. The number of hydrogen-bond donors (Lipinski definition) is 4. The second kappa shape index (κ2) is 8.13. The van der Waals surface area contributed by atoms with Crippen LogP contribution in [0.4, 0.5) is 0 Å². The first-order valence-corrected chi connectivity index (χ1v) is 7.85. The molecule has 0 saturated carbocycles. The number of carboxylic acid groups (broad SMARTS) is 2.